The summed E-state index contributed by atoms with van der Waals surface area (Å²) in [6, 6.07) is 4.88. The first-order chi connectivity index (χ1) is 8.56. The fraction of sp³-hybridized carbons (Fsp3) is 0.308. The zero-order chi connectivity index (χ0) is 13.1. The van der Waals surface area contributed by atoms with Crippen molar-refractivity contribution in [3.63, 3.8) is 0 Å². The smallest absolute Gasteiger partial charge is 0.208 e. The fourth-order valence-electron chi connectivity index (χ4n) is 1.60. The highest BCUT2D eigenvalue weighted by Crippen LogP contribution is 2.15. The molecule has 0 aliphatic carbocycles. The van der Waals surface area contributed by atoms with Crippen LogP contribution >= 0.6 is 15.9 Å². The van der Waals surface area contributed by atoms with Crippen LogP contribution in [-0.2, 0) is 13.1 Å². The van der Waals surface area contributed by atoms with E-state index in [1.807, 2.05) is 13.8 Å². The zero-order valence-corrected chi connectivity index (χ0v) is 11.8. The van der Waals surface area contributed by atoms with Gasteiger partial charge >= 0.3 is 0 Å². The third-order valence-electron chi connectivity index (χ3n) is 2.67. The Kier molecular flexibility index (Phi) is 4.14. The van der Waals surface area contributed by atoms with Gasteiger partial charge in [0, 0.05) is 16.6 Å². The molecule has 0 aliphatic heterocycles. The lowest BCUT2D eigenvalue weighted by molar-refractivity contribution is 0.446. The number of aryl methyl sites for hydroxylation is 2. The van der Waals surface area contributed by atoms with Crippen LogP contribution in [-0.4, -0.2) is 4.98 Å². The molecule has 1 aromatic carbocycles. The SMILES string of the molecule is Cc1nc(CNCc2cc(Br)ccc2F)oc1C. The summed E-state index contributed by atoms with van der Waals surface area (Å²) in [6.45, 7) is 4.70. The van der Waals surface area contributed by atoms with E-state index in [0.29, 0.717) is 24.5 Å². The molecular formula is C13H14BrFN2O. The van der Waals surface area contributed by atoms with Gasteiger partial charge in [0.2, 0.25) is 5.89 Å². The van der Waals surface area contributed by atoms with Gasteiger partial charge in [0.15, 0.2) is 0 Å². The van der Waals surface area contributed by atoms with Crippen molar-refractivity contribution in [3.8, 4) is 0 Å². The van der Waals surface area contributed by atoms with Crippen LogP contribution in [0.4, 0.5) is 4.39 Å². The maximum absolute atomic E-state index is 13.5. The molecule has 0 saturated heterocycles. The summed E-state index contributed by atoms with van der Waals surface area (Å²) in [5.41, 5.74) is 1.50. The number of oxazole rings is 1. The van der Waals surface area contributed by atoms with E-state index in [9.17, 15) is 4.39 Å². The molecule has 0 fully saturated rings. The summed E-state index contributed by atoms with van der Waals surface area (Å²) >= 11 is 3.32. The summed E-state index contributed by atoms with van der Waals surface area (Å²) in [7, 11) is 0. The predicted octanol–water partition coefficient (Wildman–Crippen LogP) is 3.48. The summed E-state index contributed by atoms with van der Waals surface area (Å²) in [5, 5.41) is 3.11. The lowest BCUT2D eigenvalue weighted by atomic mass is 10.2. The van der Waals surface area contributed by atoms with Crippen molar-refractivity contribution in [2.75, 3.05) is 0 Å². The Labute approximate surface area is 114 Å². The second kappa shape index (κ2) is 5.63. The van der Waals surface area contributed by atoms with Gasteiger partial charge < -0.3 is 9.73 Å². The first-order valence-electron chi connectivity index (χ1n) is 5.64. The number of rotatable bonds is 4. The van der Waals surface area contributed by atoms with Crippen molar-refractivity contribution >= 4 is 15.9 Å². The Hall–Kier alpha value is -1.20. The van der Waals surface area contributed by atoms with Crippen molar-refractivity contribution in [3.05, 3.63) is 51.4 Å². The first-order valence-corrected chi connectivity index (χ1v) is 6.43. The average molecular weight is 313 g/mol. The lowest BCUT2D eigenvalue weighted by Gasteiger charge is -2.04. The van der Waals surface area contributed by atoms with Gasteiger partial charge in [-0.3, -0.25) is 0 Å². The quantitative estimate of drug-likeness (QED) is 0.939. The molecule has 0 amide bonds. The van der Waals surface area contributed by atoms with E-state index < -0.39 is 0 Å². The van der Waals surface area contributed by atoms with E-state index >= 15 is 0 Å². The maximum atomic E-state index is 13.5. The van der Waals surface area contributed by atoms with Gasteiger partial charge in [-0.15, -0.1) is 0 Å². The van der Waals surface area contributed by atoms with E-state index in [0.717, 1.165) is 15.9 Å². The molecule has 96 valence electrons. The van der Waals surface area contributed by atoms with Crippen LogP contribution in [0.15, 0.2) is 27.1 Å². The van der Waals surface area contributed by atoms with Crippen molar-refractivity contribution in [1.82, 2.24) is 10.3 Å². The Morgan fingerprint density at radius 3 is 2.78 bits per heavy atom. The summed E-state index contributed by atoms with van der Waals surface area (Å²) in [6.07, 6.45) is 0. The molecule has 0 saturated carbocycles. The number of aromatic nitrogens is 1. The lowest BCUT2D eigenvalue weighted by Crippen LogP contribution is -2.14. The molecule has 18 heavy (non-hydrogen) atoms. The molecule has 0 atom stereocenters. The largest absolute Gasteiger partial charge is 0.444 e. The van der Waals surface area contributed by atoms with E-state index in [1.54, 1.807) is 12.1 Å². The molecule has 2 aromatic rings. The van der Waals surface area contributed by atoms with Gasteiger partial charge in [-0.1, -0.05) is 15.9 Å². The third-order valence-corrected chi connectivity index (χ3v) is 3.17. The van der Waals surface area contributed by atoms with Gasteiger partial charge in [-0.05, 0) is 32.0 Å². The first kappa shape index (κ1) is 13.2. The van der Waals surface area contributed by atoms with Crippen molar-refractivity contribution in [1.29, 1.82) is 0 Å². The van der Waals surface area contributed by atoms with Gasteiger partial charge in [-0.2, -0.15) is 0 Å². The second-order valence-corrected chi connectivity index (χ2v) is 5.00. The second-order valence-electron chi connectivity index (χ2n) is 4.09. The summed E-state index contributed by atoms with van der Waals surface area (Å²) in [4.78, 5) is 4.25. The molecule has 1 aromatic heterocycles. The molecule has 5 heteroatoms. The van der Waals surface area contributed by atoms with Crippen molar-refractivity contribution < 1.29 is 8.81 Å². The van der Waals surface area contributed by atoms with E-state index in [4.69, 9.17) is 4.42 Å². The number of benzene rings is 1. The van der Waals surface area contributed by atoms with Crippen molar-refractivity contribution in [2.45, 2.75) is 26.9 Å². The third kappa shape index (κ3) is 3.17. The summed E-state index contributed by atoms with van der Waals surface area (Å²) < 4.78 is 19.8. The van der Waals surface area contributed by atoms with Crippen LogP contribution in [0.1, 0.15) is 22.9 Å². The Bertz CT molecular complexity index is 534. The van der Waals surface area contributed by atoms with Gasteiger partial charge in [0.25, 0.3) is 0 Å². The zero-order valence-electron chi connectivity index (χ0n) is 10.3. The molecule has 2 rings (SSSR count). The number of nitrogens with one attached hydrogen (secondary N) is 1. The Morgan fingerprint density at radius 1 is 1.33 bits per heavy atom. The van der Waals surface area contributed by atoms with Crippen LogP contribution in [0.25, 0.3) is 0 Å². The van der Waals surface area contributed by atoms with Crippen LogP contribution in [0, 0.1) is 19.7 Å². The minimum Gasteiger partial charge on any atom is -0.444 e. The highest BCUT2D eigenvalue weighted by molar-refractivity contribution is 9.10. The van der Waals surface area contributed by atoms with Gasteiger partial charge in [-0.25, -0.2) is 9.37 Å². The van der Waals surface area contributed by atoms with E-state index in [2.05, 4.69) is 26.2 Å². The number of hydrogen-bond donors (Lipinski definition) is 1. The molecule has 0 bridgehead atoms. The van der Waals surface area contributed by atoms with E-state index in [1.165, 1.54) is 6.07 Å². The molecule has 3 nitrogen and oxygen atoms in total. The summed E-state index contributed by atoms with van der Waals surface area (Å²) in [5.74, 6) is 1.23. The van der Waals surface area contributed by atoms with Crippen LogP contribution in [0.5, 0.6) is 0 Å². The van der Waals surface area contributed by atoms with Crippen LogP contribution < -0.4 is 5.32 Å². The standard InChI is InChI=1S/C13H14BrFN2O/c1-8-9(2)18-13(17-8)7-16-6-10-5-11(14)3-4-12(10)15/h3-5,16H,6-7H2,1-2H3. The molecule has 0 aliphatic rings. The normalized spacial score (nSPS) is 10.9. The number of halogens is 2. The van der Waals surface area contributed by atoms with E-state index in [-0.39, 0.29) is 5.82 Å². The molecule has 0 radical (unpaired) electrons. The van der Waals surface area contributed by atoms with Crippen molar-refractivity contribution in [2.24, 2.45) is 0 Å². The number of hydrogen-bond acceptors (Lipinski definition) is 3. The van der Waals surface area contributed by atoms with Gasteiger partial charge in [0.05, 0.1) is 12.2 Å². The topological polar surface area (TPSA) is 38.1 Å². The Morgan fingerprint density at radius 2 is 2.11 bits per heavy atom. The maximum Gasteiger partial charge on any atom is 0.208 e. The fourth-order valence-corrected chi connectivity index (χ4v) is 2.01. The van der Waals surface area contributed by atoms with Crippen LogP contribution in [0.2, 0.25) is 0 Å². The van der Waals surface area contributed by atoms with Crippen LogP contribution in [0.3, 0.4) is 0 Å². The molecule has 1 heterocycles. The molecule has 1 N–H and O–H groups in total. The average Bonchev–Trinajstić information content (AvgIpc) is 2.63. The minimum absolute atomic E-state index is 0.217. The highest BCUT2D eigenvalue weighted by Gasteiger charge is 2.06. The minimum atomic E-state index is -0.217. The molecular weight excluding hydrogens is 299 g/mol. The highest BCUT2D eigenvalue weighted by atomic mass is 79.9. The molecule has 0 spiro atoms. The Balaban J connectivity index is 1.94. The van der Waals surface area contributed by atoms with Gasteiger partial charge in [0.1, 0.15) is 11.6 Å². The number of nitrogens with zero attached hydrogens (tertiary/aromatic N) is 1. The monoisotopic (exact) mass is 312 g/mol. The predicted molar refractivity (Wildman–Crippen MR) is 70.6 cm³/mol. The molecule has 0 unspecified atom stereocenters.